The molecule has 3 N–H and O–H groups in total. The highest BCUT2D eigenvalue weighted by Gasteiger charge is 2.18. The Morgan fingerprint density at radius 2 is 2.05 bits per heavy atom. The molecular weight excluding hydrogens is 250 g/mol. The fourth-order valence-electron chi connectivity index (χ4n) is 2.05. The van der Waals surface area contributed by atoms with Gasteiger partial charge < -0.3 is 11.1 Å². The van der Waals surface area contributed by atoms with Gasteiger partial charge in [0.05, 0.1) is 5.69 Å². The average Bonchev–Trinajstić information content (AvgIpc) is 2.68. The molecule has 0 aliphatic carbocycles. The van der Waals surface area contributed by atoms with Gasteiger partial charge in [0, 0.05) is 6.04 Å². The van der Waals surface area contributed by atoms with Crippen LogP contribution in [-0.4, -0.2) is 15.8 Å². The predicted octanol–water partition coefficient (Wildman–Crippen LogP) is 2.76. The first-order valence-corrected chi connectivity index (χ1v) is 6.56. The van der Waals surface area contributed by atoms with Gasteiger partial charge in [0.2, 0.25) is 0 Å². The second kappa shape index (κ2) is 5.25. The minimum Gasteiger partial charge on any atom is -0.382 e. The number of nitrogens with zero attached hydrogens (tertiary/aromatic N) is 3. The molecule has 0 spiro atoms. The van der Waals surface area contributed by atoms with E-state index in [4.69, 9.17) is 5.73 Å². The zero-order chi connectivity index (χ0) is 14.9. The molecule has 0 bridgehead atoms. The highest BCUT2D eigenvalue weighted by molar-refractivity contribution is 5.67. The lowest BCUT2D eigenvalue weighted by atomic mass is 10.1. The van der Waals surface area contributed by atoms with Gasteiger partial charge in [-0.05, 0) is 44.9 Å². The van der Waals surface area contributed by atoms with E-state index in [2.05, 4.69) is 16.5 Å². The molecule has 0 fully saturated rings. The lowest BCUT2D eigenvalue weighted by molar-refractivity contribution is 0.846. The molecule has 0 radical (unpaired) electrons. The SMILES string of the molecule is Cc1ccc(C)c(-n2nc(NC(C)C)c(C#N)c2N)c1. The van der Waals surface area contributed by atoms with Crippen molar-refractivity contribution in [2.24, 2.45) is 0 Å². The van der Waals surface area contributed by atoms with Crippen LogP contribution in [0.3, 0.4) is 0 Å². The number of aromatic nitrogens is 2. The minimum absolute atomic E-state index is 0.184. The van der Waals surface area contributed by atoms with Crippen LogP contribution >= 0.6 is 0 Å². The van der Waals surface area contributed by atoms with E-state index < -0.39 is 0 Å². The van der Waals surface area contributed by atoms with Gasteiger partial charge in [-0.2, -0.15) is 5.26 Å². The van der Waals surface area contributed by atoms with Crippen molar-refractivity contribution in [2.45, 2.75) is 33.7 Å². The van der Waals surface area contributed by atoms with Crippen molar-refractivity contribution in [2.75, 3.05) is 11.1 Å². The molecule has 0 atom stereocenters. The summed E-state index contributed by atoms with van der Waals surface area (Å²) < 4.78 is 1.63. The van der Waals surface area contributed by atoms with Gasteiger partial charge in [-0.3, -0.25) is 0 Å². The van der Waals surface area contributed by atoms with Crippen molar-refractivity contribution in [3.8, 4) is 11.8 Å². The zero-order valence-corrected chi connectivity index (χ0v) is 12.2. The van der Waals surface area contributed by atoms with Gasteiger partial charge >= 0.3 is 0 Å². The fraction of sp³-hybridized carbons (Fsp3) is 0.333. The molecule has 20 heavy (non-hydrogen) atoms. The number of nitrogens with two attached hydrogens (primary N) is 1. The molecule has 1 aromatic heterocycles. The van der Waals surface area contributed by atoms with E-state index in [0.29, 0.717) is 17.2 Å². The average molecular weight is 269 g/mol. The Bertz CT molecular complexity index is 676. The lowest BCUT2D eigenvalue weighted by Gasteiger charge is -2.09. The number of aryl methyl sites for hydroxylation is 2. The predicted molar refractivity (Wildman–Crippen MR) is 80.9 cm³/mol. The molecule has 5 nitrogen and oxygen atoms in total. The molecule has 1 heterocycles. The number of hydrogen-bond acceptors (Lipinski definition) is 4. The first-order valence-electron chi connectivity index (χ1n) is 6.56. The Labute approximate surface area is 119 Å². The van der Waals surface area contributed by atoms with Crippen molar-refractivity contribution >= 4 is 11.6 Å². The maximum Gasteiger partial charge on any atom is 0.168 e. The van der Waals surface area contributed by atoms with Crippen LogP contribution in [0.2, 0.25) is 0 Å². The van der Waals surface area contributed by atoms with Crippen LogP contribution in [0.4, 0.5) is 11.6 Å². The molecule has 0 aliphatic rings. The Hall–Kier alpha value is -2.48. The number of hydrogen-bond donors (Lipinski definition) is 2. The van der Waals surface area contributed by atoms with Crippen LogP contribution < -0.4 is 11.1 Å². The molecule has 0 aliphatic heterocycles. The molecule has 0 amide bonds. The Morgan fingerprint density at radius 3 is 2.65 bits per heavy atom. The summed E-state index contributed by atoms with van der Waals surface area (Å²) in [6.45, 7) is 8.00. The highest BCUT2D eigenvalue weighted by atomic mass is 15.4. The number of nitrogens with one attached hydrogen (secondary N) is 1. The summed E-state index contributed by atoms with van der Waals surface area (Å²) in [4.78, 5) is 0. The zero-order valence-electron chi connectivity index (χ0n) is 12.2. The van der Waals surface area contributed by atoms with Crippen LogP contribution in [0.5, 0.6) is 0 Å². The van der Waals surface area contributed by atoms with Crippen molar-refractivity contribution < 1.29 is 0 Å². The largest absolute Gasteiger partial charge is 0.382 e. The van der Waals surface area contributed by atoms with Gasteiger partial charge in [0.1, 0.15) is 17.5 Å². The Balaban J connectivity index is 2.61. The van der Waals surface area contributed by atoms with Gasteiger partial charge in [-0.15, -0.1) is 5.10 Å². The summed E-state index contributed by atoms with van der Waals surface area (Å²) >= 11 is 0. The molecule has 0 saturated heterocycles. The van der Waals surface area contributed by atoms with Gasteiger partial charge in [0.15, 0.2) is 5.82 Å². The van der Waals surface area contributed by atoms with Crippen molar-refractivity contribution in [3.05, 3.63) is 34.9 Å². The van der Waals surface area contributed by atoms with Crippen molar-refractivity contribution in [1.29, 1.82) is 5.26 Å². The number of rotatable bonds is 3. The quantitative estimate of drug-likeness (QED) is 0.898. The van der Waals surface area contributed by atoms with Gasteiger partial charge in [-0.1, -0.05) is 12.1 Å². The Morgan fingerprint density at radius 1 is 1.35 bits per heavy atom. The van der Waals surface area contributed by atoms with E-state index in [1.54, 1.807) is 4.68 Å². The second-order valence-electron chi connectivity index (χ2n) is 5.22. The lowest BCUT2D eigenvalue weighted by Crippen LogP contribution is -2.11. The third-order valence-electron chi connectivity index (χ3n) is 3.05. The molecule has 104 valence electrons. The van der Waals surface area contributed by atoms with Crippen molar-refractivity contribution in [3.63, 3.8) is 0 Å². The molecule has 1 aromatic carbocycles. The summed E-state index contributed by atoms with van der Waals surface area (Å²) in [5.41, 5.74) is 9.55. The maximum atomic E-state index is 9.27. The molecule has 2 aromatic rings. The molecule has 0 unspecified atom stereocenters. The van der Waals surface area contributed by atoms with E-state index in [-0.39, 0.29) is 6.04 Å². The topological polar surface area (TPSA) is 79.7 Å². The molecule has 0 saturated carbocycles. The summed E-state index contributed by atoms with van der Waals surface area (Å²) in [6.07, 6.45) is 0. The van der Waals surface area contributed by atoms with Crippen LogP contribution in [0.15, 0.2) is 18.2 Å². The third kappa shape index (κ3) is 2.45. The smallest absolute Gasteiger partial charge is 0.168 e. The first kappa shape index (κ1) is 13.9. The summed E-state index contributed by atoms with van der Waals surface area (Å²) in [5, 5.41) is 16.9. The number of nitrogen functional groups attached to an aromatic ring is 1. The van der Waals surface area contributed by atoms with Gasteiger partial charge in [0.25, 0.3) is 0 Å². The molecule has 2 rings (SSSR count). The second-order valence-corrected chi connectivity index (χ2v) is 5.22. The number of anilines is 2. The molecular formula is C15H19N5. The normalized spacial score (nSPS) is 10.6. The monoisotopic (exact) mass is 269 g/mol. The fourth-order valence-corrected chi connectivity index (χ4v) is 2.05. The number of benzene rings is 1. The van der Waals surface area contributed by atoms with Crippen molar-refractivity contribution in [1.82, 2.24) is 9.78 Å². The van der Waals surface area contributed by atoms with Crippen LogP contribution in [0.1, 0.15) is 30.5 Å². The van der Waals surface area contributed by atoms with E-state index >= 15 is 0 Å². The Kier molecular flexibility index (Phi) is 3.66. The number of nitriles is 1. The standard InChI is InChI=1S/C15H19N5/c1-9(2)18-15-12(8-16)14(17)20(19-15)13-7-10(3)5-6-11(13)4/h5-7,9H,17H2,1-4H3,(H,18,19). The maximum absolute atomic E-state index is 9.27. The van der Waals surface area contributed by atoms with Crippen LogP contribution in [0.25, 0.3) is 5.69 Å². The first-order chi connectivity index (χ1) is 9.43. The van der Waals surface area contributed by atoms with Crippen LogP contribution in [0, 0.1) is 25.2 Å². The highest BCUT2D eigenvalue weighted by Crippen LogP contribution is 2.26. The van der Waals surface area contributed by atoms with E-state index in [1.807, 2.05) is 45.9 Å². The van der Waals surface area contributed by atoms with E-state index in [0.717, 1.165) is 16.8 Å². The summed E-state index contributed by atoms with van der Waals surface area (Å²) in [6, 6.07) is 8.38. The van der Waals surface area contributed by atoms with E-state index in [1.165, 1.54) is 0 Å². The summed E-state index contributed by atoms with van der Waals surface area (Å²) in [5.74, 6) is 0.894. The molecule has 5 heteroatoms. The van der Waals surface area contributed by atoms with Gasteiger partial charge in [-0.25, -0.2) is 4.68 Å². The van der Waals surface area contributed by atoms with Crippen LogP contribution in [-0.2, 0) is 0 Å². The van der Waals surface area contributed by atoms with E-state index in [9.17, 15) is 5.26 Å². The minimum atomic E-state index is 0.184. The summed E-state index contributed by atoms with van der Waals surface area (Å²) in [7, 11) is 0. The third-order valence-corrected chi connectivity index (χ3v) is 3.05.